The summed E-state index contributed by atoms with van der Waals surface area (Å²) < 4.78 is 2.03. The molecule has 2 heterocycles. The van der Waals surface area contributed by atoms with Crippen molar-refractivity contribution in [2.45, 2.75) is 18.2 Å². The van der Waals surface area contributed by atoms with Crippen LogP contribution in [0.1, 0.15) is 11.1 Å². The molecule has 1 aliphatic rings. The monoisotopic (exact) mass is 355 g/mol. The lowest BCUT2D eigenvalue weighted by molar-refractivity contribution is 0.874. The topological polar surface area (TPSA) is 29.9 Å². The fraction of sp³-hybridized carbons (Fsp3) is 0.211. The van der Waals surface area contributed by atoms with Gasteiger partial charge in [0.2, 0.25) is 0 Å². The molecule has 0 saturated carbocycles. The van der Waals surface area contributed by atoms with Gasteiger partial charge >= 0.3 is 0 Å². The minimum absolute atomic E-state index is 0.751. The molecule has 2 aromatic carbocycles. The van der Waals surface area contributed by atoms with Gasteiger partial charge in [-0.3, -0.25) is 0 Å². The third-order valence-electron chi connectivity index (χ3n) is 4.40. The molecule has 24 heavy (non-hydrogen) atoms. The minimum atomic E-state index is 0.751. The highest BCUT2D eigenvalue weighted by Gasteiger charge is 2.25. The molecule has 0 unspecified atom stereocenters. The van der Waals surface area contributed by atoms with E-state index >= 15 is 0 Å². The van der Waals surface area contributed by atoms with Gasteiger partial charge in [-0.2, -0.15) is 5.10 Å². The van der Waals surface area contributed by atoms with Crippen LogP contribution in [0.3, 0.4) is 0 Å². The zero-order valence-electron chi connectivity index (χ0n) is 13.6. The van der Waals surface area contributed by atoms with Crippen molar-refractivity contribution in [1.82, 2.24) is 9.78 Å². The Hall–Kier alpha value is -1.91. The van der Waals surface area contributed by atoms with Crippen molar-refractivity contribution < 1.29 is 0 Å². The van der Waals surface area contributed by atoms with Gasteiger partial charge in [-0.25, -0.2) is 4.68 Å². The van der Waals surface area contributed by atoms with E-state index in [1.165, 1.54) is 16.0 Å². The number of aryl methyl sites for hydroxylation is 1. The summed E-state index contributed by atoms with van der Waals surface area (Å²) in [6.45, 7) is 3.02. The lowest BCUT2D eigenvalue weighted by Gasteiger charge is -2.10. The molecule has 0 amide bonds. The smallest absolute Gasteiger partial charge is 0.133 e. The van der Waals surface area contributed by atoms with E-state index in [9.17, 15) is 0 Å². The number of fused-ring (bicyclic) bond motifs is 1. The Bertz CT molecular complexity index is 917. The quantitative estimate of drug-likeness (QED) is 0.655. The molecular weight excluding hydrogens is 338 g/mol. The van der Waals surface area contributed by atoms with Crippen molar-refractivity contribution >= 4 is 29.2 Å². The van der Waals surface area contributed by atoms with Gasteiger partial charge in [-0.1, -0.05) is 29.8 Å². The van der Waals surface area contributed by atoms with Crippen LogP contribution in [0.5, 0.6) is 0 Å². The van der Waals surface area contributed by atoms with Crippen LogP contribution in [0.25, 0.3) is 16.9 Å². The van der Waals surface area contributed by atoms with Crippen molar-refractivity contribution in [2.75, 3.05) is 18.1 Å². The highest BCUT2D eigenvalue weighted by molar-refractivity contribution is 7.98. The van der Waals surface area contributed by atoms with E-state index in [0.717, 1.165) is 40.8 Å². The Labute approximate surface area is 151 Å². The summed E-state index contributed by atoms with van der Waals surface area (Å²) >= 11 is 7.87. The van der Waals surface area contributed by atoms with E-state index in [0.29, 0.717) is 0 Å². The van der Waals surface area contributed by atoms with Gasteiger partial charge in [-0.05, 0) is 49.4 Å². The van der Waals surface area contributed by atoms with E-state index < -0.39 is 0 Å². The molecule has 3 nitrogen and oxygen atoms in total. The molecule has 0 spiro atoms. The summed E-state index contributed by atoms with van der Waals surface area (Å²) in [6.07, 6.45) is 3.11. The first kappa shape index (κ1) is 15.6. The zero-order chi connectivity index (χ0) is 16.7. The van der Waals surface area contributed by atoms with Crippen LogP contribution in [0.2, 0.25) is 5.02 Å². The molecule has 0 radical (unpaired) electrons. The number of benzene rings is 2. The van der Waals surface area contributed by atoms with Gasteiger partial charge < -0.3 is 5.32 Å². The molecule has 5 heteroatoms. The number of hydrogen-bond acceptors (Lipinski definition) is 3. The van der Waals surface area contributed by atoms with Crippen molar-refractivity contribution in [3.63, 3.8) is 0 Å². The largest absolute Gasteiger partial charge is 0.369 e. The number of halogens is 1. The number of anilines is 1. The Morgan fingerprint density at radius 2 is 2.04 bits per heavy atom. The third-order valence-corrected chi connectivity index (χ3v) is 5.43. The van der Waals surface area contributed by atoms with Crippen molar-refractivity contribution in [3.8, 4) is 16.9 Å². The van der Waals surface area contributed by atoms with Gasteiger partial charge in [0.1, 0.15) is 5.82 Å². The van der Waals surface area contributed by atoms with Crippen LogP contribution in [0.15, 0.2) is 47.4 Å². The summed E-state index contributed by atoms with van der Waals surface area (Å²) in [7, 11) is 0. The summed E-state index contributed by atoms with van der Waals surface area (Å²) in [5, 5.41) is 9.22. The zero-order valence-corrected chi connectivity index (χ0v) is 15.2. The predicted molar refractivity (Wildman–Crippen MR) is 103 cm³/mol. The second-order valence-electron chi connectivity index (χ2n) is 5.90. The molecule has 0 bridgehead atoms. The molecule has 0 saturated heterocycles. The van der Waals surface area contributed by atoms with Crippen LogP contribution in [0.4, 0.5) is 5.82 Å². The maximum absolute atomic E-state index is 6.11. The average Bonchev–Trinajstić information content (AvgIpc) is 3.18. The molecule has 0 atom stereocenters. The van der Waals surface area contributed by atoms with Crippen molar-refractivity contribution in [2.24, 2.45) is 0 Å². The molecule has 4 rings (SSSR count). The van der Waals surface area contributed by atoms with E-state index in [1.807, 2.05) is 22.9 Å². The Morgan fingerprint density at radius 3 is 2.83 bits per heavy atom. The average molecular weight is 356 g/mol. The normalized spacial score (nSPS) is 13.0. The molecular formula is C19H18ClN3S. The summed E-state index contributed by atoms with van der Waals surface area (Å²) in [5.74, 6) is 1.10. The fourth-order valence-corrected chi connectivity index (χ4v) is 4.09. The molecule has 1 aliphatic heterocycles. The fourth-order valence-electron chi connectivity index (χ4n) is 3.26. The first-order valence-electron chi connectivity index (χ1n) is 7.94. The maximum atomic E-state index is 6.11. The summed E-state index contributed by atoms with van der Waals surface area (Å²) in [6, 6.07) is 14.4. The Morgan fingerprint density at radius 1 is 1.21 bits per heavy atom. The van der Waals surface area contributed by atoms with Crippen LogP contribution in [0, 0.1) is 6.92 Å². The number of thioether (sulfide) groups is 1. The number of nitrogens with one attached hydrogen (secondary N) is 1. The van der Waals surface area contributed by atoms with Gasteiger partial charge in [0, 0.05) is 27.6 Å². The molecule has 0 fully saturated rings. The summed E-state index contributed by atoms with van der Waals surface area (Å²) in [4.78, 5) is 1.25. The van der Waals surface area contributed by atoms with Gasteiger partial charge in [0.05, 0.1) is 11.4 Å². The first-order valence-corrected chi connectivity index (χ1v) is 9.55. The highest BCUT2D eigenvalue weighted by atomic mass is 35.5. The van der Waals surface area contributed by atoms with E-state index in [4.69, 9.17) is 16.7 Å². The molecule has 0 aliphatic carbocycles. The van der Waals surface area contributed by atoms with Crippen LogP contribution in [-0.2, 0) is 6.42 Å². The van der Waals surface area contributed by atoms with Crippen LogP contribution < -0.4 is 5.32 Å². The molecule has 3 aromatic rings. The second-order valence-corrected chi connectivity index (χ2v) is 7.18. The third kappa shape index (κ3) is 2.50. The Kier molecular flexibility index (Phi) is 4.02. The van der Waals surface area contributed by atoms with E-state index in [-0.39, 0.29) is 0 Å². The number of nitrogens with zero attached hydrogens (tertiary/aromatic N) is 2. The maximum Gasteiger partial charge on any atom is 0.133 e. The number of rotatable bonds is 3. The Balaban J connectivity index is 1.93. The summed E-state index contributed by atoms with van der Waals surface area (Å²) in [5.41, 5.74) is 5.76. The standard InChI is InChI=1S/C19H18ClN3S/c1-12-11-13(20)7-8-16(12)23-19-15(9-10-21-19)18(22-23)14-5-3-4-6-17(14)24-2/h3-8,11,21H,9-10H2,1-2H3. The van der Waals surface area contributed by atoms with E-state index in [2.05, 4.69) is 42.8 Å². The van der Waals surface area contributed by atoms with Crippen LogP contribution in [-0.4, -0.2) is 22.6 Å². The predicted octanol–water partition coefficient (Wildman–Crippen LogP) is 5.19. The molecule has 122 valence electrons. The SMILES string of the molecule is CSc1ccccc1-c1nn(-c2ccc(Cl)cc2C)c2c1CCN2. The lowest BCUT2D eigenvalue weighted by atomic mass is 10.1. The van der Waals surface area contributed by atoms with Gasteiger partial charge in [0.25, 0.3) is 0 Å². The number of aromatic nitrogens is 2. The molecule has 1 N–H and O–H groups in total. The van der Waals surface area contributed by atoms with Crippen molar-refractivity contribution in [1.29, 1.82) is 0 Å². The molecule has 1 aromatic heterocycles. The van der Waals surface area contributed by atoms with Gasteiger partial charge in [-0.15, -0.1) is 11.8 Å². The van der Waals surface area contributed by atoms with Crippen LogP contribution >= 0.6 is 23.4 Å². The highest BCUT2D eigenvalue weighted by Crippen LogP contribution is 2.38. The minimum Gasteiger partial charge on any atom is -0.369 e. The van der Waals surface area contributed by atoms with Gasteiger partial charge in [0.15, 0.2) is 0 Å². The van der Waals surface area contributed by atoms with E-state index in [1.54, 1.807) is 11.8 Å². The number of hydrogen-bond donors (Lipinski definition) is 1. The second kappa shape index (κ2) is 6.19. The van der Waals surface area contributed by atoms with Crippen molar-refractivity contribution in [3.05, 3.63) is 58.6 Å². The first-order chi connectivity index (χ1) is 11.7. The lowest BCUT2D eigenvalue weighted by Crippen LogP contribution is -2.05.